The number of carbonyl (C=O) groups is 3. The number of methoxy groups -OCH3 is 1. The van der Waals surface area contributed by atoms with Crippen molar-refractivity contribution < 1.29 is 23.9 Å². The molecule has 3 rings (SSSR count). The van der Waals surface area contributed by atoms with Gasteiger partial charge < -0.3 is 19.8 Å². The molecule has 0 saturated carbocycles. The van der Waals surface area contributed by atoms with Crippen molar-refractivity contribution in [2.75, 3.05) is 13.7 Å². The number of ether oxygens (including phenoxy) is 2. The van der Waals surface area contributed by atoms with Gasteiger partial charge in [0.25, 0.3) is 11.7 Å². The van der Waals surface area contributed by atoms with E-state index in [4.69, 9.17) is 10.5 Å². The Morgan fingerprint density at radius 1 is 1.03 bits per heavy atom. The average Bonchev–Trinajstić information content (AvgIpc) is 3.05. The van der Waals surface area contributed by atoms with E-state index in [0.717, 1.165) is 11.1 Å². The van der Waals surface area contributed by atoms with Crippen molar-refractivity contribution in [2.45, 2.75) is 19.9 Å². The van der Waals surface area contributed by atoms with Gasteiger partial charge in [-0.1, -0.05) is 43.3 Å². The van der Waals surface area contributed by atoms with E-state index < -0.39 is 17.7 Å². The Morgan fingerprint density at radius 3 is 2.38 bits per heavy atom. The van der Waals surface area contributed by atoms with Crippen molar-refractivity contribution in [3.63, 3.8) is 0 Å². The van der Waals surface area contributed by atoms with Crippen LogP contribution in [0.25, 0.3) is 10.9 Å². The van der Waals surface area contributed by atoms with Crippen molar-refractivity contribution in [3.8, 4) is 5.75 Å². The van der Waals surface area contributed by atoms with Crippen molar-refractivity contribution in [2.24, 2.45) is 5.73 Å². The minimum absolute atomic E-state index is 0.214. The zero-order chi connectivity index (χ0) is 21.0. The second kappa shape index (κ2) is 8.60. The third-order valence-corrected chi connectivity index (χ3v) is 4.70. The molecule has 1 heterocycles. The number of fused-ring (bicyclic) bond motifs is 1. The predicted octanol–water partition coefficient (Wildman–Crippen LogP) is 2.47. The molecule has 0 bridgehead atoms. The molecule has 0 atom stereocenters. The van der Waals surface area contributed by atoms with Gasteiger partial charge in [0.05, 0.1) is 23.6 Å². The van der Waals surface area contributed by atoms with Crippen molar-refractivity contribution in [3.05, 3.63) is 65.4 Å². The summed E-state index contributed by atoms with van der Waals surface area (Å²) in [6.07, 6.45) is 0.506. The third-order valence-electron chi connectivity index (χ3n) is 4.70. The maximum atomic E-state index is 12.7. The summed E-state index contributed by atoms with van der Waals surface area (Å²) < 4.78 is 12.2. The first kappa shape index (κ1) is 20.1. The molecule has 2 aromatic carbocycles. The van der Waals surface area contributed by atoms with Gasteiger partial charge in [0.15, 0.2) is 6.61 Å². The Kier molecular flexibility index (Phi) is 5.97. The van der Waals surface area contributed by atoms with Crippen LogP contribution in [0.4, 0.5) is 0 Å². The quantitative estimate of drug-likeness (QED) is 0.359. The van der Waals surface area contributed by atoms with E-state index in [1.165, 1.54) is 7.11 Å². The van der Waals surface area contributed by atoms with Crippen LogP contribution in [0, 0.1) is 0 Å². The standard InChI is InChI=1S/C22H22N2O5/c1-3-15-20(21(26)22(23)27)19-16(24(15)12-14-8-5-4-6-9-14)10-7-11-17(19)29-13-18(25)28-2/h4-11H,3,12-13H2,1-2H3,(H2,23,27). The molecule has 0 unspecified atom stereocenters. The molecule has 0 fully saturated rings. The highest BCUT2D eigenvalue weighted by molar-refractivity contribution is 6.45. The van der Waals surface area contributed by atoms with Crippen LogP contribution in [0.3, 0.4) is 0 Å². The average molecular weight is 394 g/mol. The van der Waals surface area contributed by atoms with Gasteiger partial charge in [-0.2, -0.15) is 0 Å². The highest BCUT2D eigenvalue weighted by Gasteiger charge is 2.27. The van der Waals surface area contributed by atoms with E-state index >= 15 is 0 Å². The fourth-order valence-electron chi connectivity index (χ4n) is 3.42. The number of Topliss-reactive ketones (excluding diaryl/α,β-unsaturated/α-hetero) is 1. The van der Waals surface area contributed by atoms with Gasteiger partial charge in [-0.05, 0) is 24.1 Å². The molecule has 0 radical (unpaired) electrons. The number of benzene rings is 2. The summed E-state index contributed by atoms with van der Waals surface area (Å²) in [5, 5.41) is 0.466. The lowest BCUT2D eigenvalue weighted by atomic mass is 10.0. The lowest BCUT2D eigenvalue weighted by Crippen LogP contribution is -2.24. The van der Waals surface area contributed by atoms with E-state index in [9.17, 15) is 14.4 Å². The van der Waals surface area contributed by atoms with Crippen molar-refractivity contribution >= 4 is 28.6 Å². The van der Waals surface area contributed by atoms with Gasteiger partial charge in [0.2, 0.25) is 0 Å². The summed E-state index contributed by atoms with van der Waals surface area (Å²) >= 11 is 0. The largest absolute Gasteiger partial charge is 0.481 e. The van der Waals surface area contributed by atoms with E-state index in [2.05, 4.69) is 4.74 Å². The molecule has 1 amide bonds. The summed E-state index contributed by atoms with van der Waals surface area (Å²) in [5.41, 5.74) is 7.98. The second-order valence-corrected chi connectivity index (χ2v) is 6.46. The van der Waals surface area contributed by atoms with Crippen LogP contribution in [0.15, 0.2) is 48.5 Å². The molecule has 0 saturated heterocycles. The van der Waals surface area contributed by atoms with E-state index in [1.807, 2.05) is 47.9 Å². The monoisotopic (exact) mass is 394 g/mol. The van der Waals surface area contributed by atoms with E-state index in [1.54, 1.807) is 12.1 Å². The number of nitrogens with zero attached hydrogens (tertiary/aromatic N) is 1. The SMILES string of the molecule is CCc1c(C(=O)C(N)=O)c2c(OCC(=O)OC)cccc2n1Cc1ccccc1. The molecule has 0 spiro atoms. The van der Waals surface area contributed by atoms with Crippen LogP contribution >= 0.6 is 0 Å². The molecule has 0 aliphatic heterocycles. The van der Waals surface area contributed by atoms with Crippen LogP contribution in [0.1, 0.15) is 28.5 Å². The topological polar surface area (TPSA) is 101 Å². The molecular weight excluding hydrogens is 372 g/mol. The predicted molar refractivity (Wildman–Crippen MR) is 108 cm³/mol. The molecule has 29 heavy (non-hydrogen) atoms. The molecule has 7 heteroatoms. The fourth-order valence-corrected chi connectivity index (χ4v) is 3.42. The molecule has 150 valence electrons. The fraction of sp³-hybridized carbons (Fsp3) is 0.227. The maximum absolute atomic E-state index is 12.7. The molecule has 0 aliphatic rings. The first-order valence-electron chi connectivity index (χ1n) is 9.19. The minimum Gasteiger partial charge on any atom is -0.481 e. The summed E-state index contributed by atoms with van der Waals surface area (Å²) in [4.78, 5) is 36.0. The van der Waals surface area contributed by atoms with Gasteiger partial charge >= 0.3 is 5.97 Å². The summed E-state index contributed by atoms with van der Waals surface area (Å²) in [6.45, 7) is 2.10. The minimum atomic E-state index is -1.04. The summed E-state index contributed by atoms with van der Waals surface area (Å²) in [7, 11) is 1.26. The van der Waals surface area contributed by atoms with Gasteiger partial charge in [-0.3, -0.25) is 9.59 Å². The number of esters is 1. The van der Waals surface area contributed by atoms with Crippen molar-refractivity contribution in [1.29, 1.82) is 0 Å². The lowest BCUT2D eigenvalue weighted by molar-refractivity contribution is -0.142. The number of hydrogen-bond acceptors (Lipinski definition) is 5. The first-order valence-corrected chi connectivity index (χ1v) is 9.19. The highest BCUT2D eigenvalue weighted by Crippen LogP contribution is 2.35. The van der Waals surface area contributed by atoms with Crippen LogP contribution in [0.2, 0.25) is 0 Å². The molecule has 2 N–H and O–H groups in total. The third kappa shape index (κ3) is 3.99. The van der Waals surface area contributed by atoms with Crippen LogP contribution in [0.5, 0.6) is 5.75 Å². The molecule has 3 aromatic rings. The molecule has 0 aliphatic carbocycles. The normalized spacial score (nSPS) is 10.7. The summed E-state index contributed by atoms with van der Waals surface area (Å²) in [5.74, 6) is -2.06. The van der Waals surface area contributed by atoms with Gasteiger partial charge in [-0.15, -0.1) is 0 Å². The highest BCUT2D eigenvalue weighted by atomic mass is 16.6. The maximum Gasteiger partial charge on any atom is 0.343 e. The van der Waals surface area contributed by atoms with Gasteiger partial charge in [-0.25, -0.2) is 4.79 Å². The number of primary amides is 1. The number of amides is 1. The van der Waals surface area contributed by atoms with E-state index in [-0.39, 0.29) is 12.2 Å². The number of nitrogens with two attached hydrogens (primary N) is 1. The Hall–Kier alpha value is -3.61. The van der Waals surface area contributed by atoms with Gasteiger partial charge in [0, 0.05) is 12.2 Å². The number of ketones is 1. The zero-order valence-corrected chi connectivity index (χ0v) is 16.3. The number of aromatic nitrogens is 1. The lowest BCUT2D eigenvalue weighted by Gasteiger charge is -2.11. The Morgan fingerprint density at radius 2 is 1.76 bits per heavy atom. The van der Waals surface area contributed by atoms with Gasteiger partial charge in [0.1, 0.15) is 5.75 Å². The Balaban J connectivity index is 2.23. The van der Waals surface area contributed by atoms with E-state index in [0.29, 0.717) is 29.8 Å². The van der Waals surface area contributed by atoms with Crippen molar-refractivity contribution in [1.82, 2.24) is 4.57 Å². The molecular formula is C22H22N2O5. The molecule has 7 nitrogen and oxygen atoms in total. The van der Waals surface area contributed by atoms with Crippen LogP contribution in [-0.2, 0) is 27.3 Å². The first-order chi connectivity index (χ1) is 14.0. The number of hydrogen-bond donors (Lipinski definition) is 1. The molecule has 1 aromatic heterocycles. The Bertz CT molecular complexity index is 1070. The number of rotatable bonds is 8. The smallest absolute Gasteiger partial charge is 0.343 e. The second-order valence-electron chi connectivity index (χ2n) is 6.46. The zero-order valence-electron chi connectivity index (χ0n) is 16.3. The van der Waals surface area contributed by atoms with Crippen LogP contribution < -0.4 is 10.5 Å². The van der Waals surface area contributed by atoms with Crippen LogP contribution in [-0.4, -0.2) is 35.9 Å². The summed E-state index contributed by atoms with van der Waals surface area (Å²) in [6, 6.07) is 15.0. The Labute approximate surface area is 168 Å². The number of carbonyl (C=O) groups excluding carboxylic acids is 3.